The molecule has 6 heteroatoms. The van der Waals surface area contributed by atoms with Crippen molar-refractivity contribution in [3.8, 4) is 50.7 Å². The van der Waals surface area contributed by atoms with Gasteiger partial charge in [0.05, 0.1) is 23.5 Å². The number of benzene rings is 8. The molecule has 0 fully saturated rings. The van der Waals surface area contributed by atoms with Crippen LogP contribution in [0.15, 0.2) is 164 Å². The predicted molar refractivity (Wildman–Crippen MR) is 355 cm³/mol. The maximum absolute atomic E-state index is 9.55. The number of para-hydroxylation sites is 3. The van der Waals surface area contributed by atoms with E-state index in [2.05, 4.69) is 165 Å². The molecule has 2 aromatic heterocycles. The molecule has 432 valence electrons. The van der Waals surface area contributed by atoms with Crippen LogP contribution in [-0.2, 0) is 53.6 Å². The van der Waals surface area contributed by atoms with E-state index in [0.717, 1.165) is 51.8 Å². The number of hydrogen-bond acceptors (Lipinski definition) is 2. The Balaban J connectivity index is 0.00000954. The first-order valence-electron chi connectivity index (χ1n) is 35.2. The van der Waals surface area contributed by atoms with Crippen molar-refractivity contribution in [2.75, 3.05) is 0 Å². The van der Waals surface area contributed by atoms with Crippen LogP contribution in [0.25, 0.3) is 61.0 Å². The van der Waals surface area contributed by atoms with Crippen LogP contribution < -0.4 is 13.9 Å². The number of nitrogens with zero attached hydrogens (tertiary/aromatic N) is 4. The standard InChI is InChI=1S/C79H82N4O.Pt/c1-50-39-72(80-48-63(50)52-31-35-64-66(42-52)79(16,17)38-37-78(64,14)15)83-67-28-22-21-27-59(67)60-34-33-58(47-70(60)83)84-71-46-57(32-36-65(71)77(11,12)13)81-49-82(69-30-24-23-29-68(69)81)73-61(51-25-19-18-20-26-51)44-56(76(8,9)10)45-62(73)53-40-54(74(2,3)4)43-55(41-53)75(5,6)7;/h18-36,39-45,48H,37-38H2,1-17H3;/q;+2/i1D3,18D,19D,20D,21D,22D,25D,26D,27D,28D;. The summed E-state index contributed by atoms with van der Waals surface area (Å²) in [7, 11) is 0. The Kier molecular flexibility index (Phi) is 11.5. The second-order valence-electron chi connectivity index (χ2n) is 28.4. The molecule has 10 aromatic rings. The Hall–Kier alpha value is -7.42. The number of pyridine rings is 1. The zero-order valence-corrected chi connectivity index (χ0v) is 54.1. The largest absolute Gasteiger partial charge is 2.00 e. The Morgan fingerprint density at radius 1 is 0.576 bits per heavy atom. The third-order valence-corrected chi connectivity index (χ3v) is 17.2. The van der Waals surface area contributed by atoms with E-state index in [9.17, 15) is 5.48 Å². The van der Waals surface area contributed by atoms with Crippen molar-refractivity contribution in [1.82, 2.24) is 18.7 Å². The van der Waals surface area contributed by atoms with Crippen molar-refractivity contribution in [3.05, 3.63) is 215 Å². The Morgan fingerprint density at radius 3 is 1.84 bits per heavy atom. The molecule has 0 N–H and O–H groups in total. The van der Waals surface area contributed by atoms with Gasteiger partial charge in [-0.1, -0.05) is 235 Å². The third-order valence-electron chi connectivity index (χ3n) is 17.2. The summed E-state index contributed by atoms with van der Waals surface area (Å²) in [6.45, 7) is 31.9. The van der Waals surface area contributed by atoms with E-state index < -0.39 is 47.9 Å². The maximum Gasteiger partial charge on any atom is 2.00 e. The summed E-state index contributed by atoms with van der Waals surface area (Å²) in [6, 6.07) is 40.9. The molecule has 1 aliphatic heterocycles. The average Bonchev–Trinajstić information content (AvgIpc) is 1.65. The van der Waals surface area contributed by atoms with Gasteiger partial charge in [0.2, 0.25) is 5.69 Å². The number of rotatable bonds is 8. The SMILES string of the molecule is [2H]c1c([2H])c([2H])c(-c2cc(C(C)(C)C)cc(-c3cc(C(C)(C)C)cc(C(C)(C)C)c3)c2[N+]2=C=[N+](c3[c-]c(Oc4[c-]c5c(cc4)c4c([2H])c([2H])c([2H])c([2H])c4n5-c4cc(C([2H])([2H])[2H])c(-c5ccc6c(c5)C(C)(C)CCC6(C)C)cn4)c(C(C)(C)C)cc3)c3ccccc32)c([2H])c1[2H].[Pt+2]. The minimum Gasteiger partial charge on any atom is -0.509 e. The second kappa shape index (κ2) is 21.2. The first kappa shape index (κ1) is 45.9. The van der Waals surface area contributed by atoms with Crippen LogP contribution in [0.3, 0.4) is 0 Å². The Bertz CT molecular complexity index is 4980. The first-order chi connectivity index (χ1) is 44.5. The Morgan fingerprint density at radius 2 is 1.19 bits per heavy atom. The molecule has 0 saturated carbocycles. The molecule has 8 aromatic carbocycles. The van der Waals surface area contributed by atoms with E-state index >= 15 is 0 Å². The van der Waals surface area contributed by atoms with Crippen LogP contribution in [0.5, 0.6) is 11.5 Å². The van der Waals surface area contributed by atoms with Gasteiger partial charge in [-0.15, -0.1) is 23.1 Å². The summed E-state index contributed by atoms with van der Waals surface area (Å²) >= 11 is 0. The van der Waals surface area contributed by atoms with Gasteiger partial charge < -0.3 is 9.30 Å². The van der Waals surface area contributed by atoms with Gasteiger partial charge in [0.15, 0.2) is 0 Å². The van der Waals surface area contributed by atoms with E-state index in [-0.39, 0.29) is 106 Å². The smallest absolute Gasteiger partial charge is 0.509 e. The summed E-state index contributed by atoms with van der Waals surface area (Å²) in [5.74, 6) is 0.633. The molecular weight excluding hydrogens is 1220 g/mol. The quantitative estimate of drug-likeness (QED) is 0.112. The molecule has 1 aliphatic carbocycles. The van der Waals surface area contributed by atoms with Crippen LogP contribution >= 0.6 is 0 Å². The van der Waals surface area contributed by atoms with Gasteiger partial charge in [0.25, 0.3) is 11.4 Å². The number of aryl methyl sites for hydroxylation is 1. The predicted octanol–water partition coefficient (Wildman–Crippen LogP) is 21.3. The number of hydrogen-bond donors (Lipinski definition) is 0. The average molecular weight is 1310 g/mol. The minimum atomic E-state index is -2.64. The van der Waals surface area contributed by atoms with E-state index in [0.29, 0.717) is 50.6 Å². The van der Waals surface area contributed by atoms with Crippen molar-refractivity contribution in [1.29, 1.82) is 0 Å². The molecule has 2 aliphatic rings. The van der Waals surface area contributed by atoms with E-state index in [1.165, 1.54) is 11.6 Å². The fourth-order valence-corrected chi connectivity index (χ4v) is 12.0. The van der Waals surface area contributed by atoms with Gasteiger partial charge in [-0.25, -0.2) is 4.98 Å². The summed E-state index contributed by atoms with van der Waals surface area (Å²) in [6.07, 6.45) is 3.53. The molecule has 0 saturated heterocycles. The fourth-order valence-electron chi connectivity index (χ4n) is 12.0. The molecule has 5 nitrogen and oxygen atoms in total. The summed E-state index contributed by atoms with van der Waals surface area (Å²) < 4.78 is 122. The molecular formula is C79H82N4OPt+2. The molecule has 85 heavy (non-hydrogen) atoms. The molecule has 0 radical (unpaired) electrons. The third kappa shape index (κ3) is 10.9. The van der Waals surface area contributed by atoms with Gasteiger partial charge in [0, 0.05) is 45.0 Å². The monoisotopic (exact) mass is 1310 g/mol. The zero-order valence-electron chi connectivity index (χ0n) is 63.8. The van der Waals surface area contributed by atoms with Gasteiger partial charge in [-0.2, -0.15) is 12.1 Å². The van der Waals surface area contributed by atoms with Crippen molar-refractivity contribution in [3.63, 3.8) is 0 Å². The molecule has 3 heterocycles. The van der Waals surface area contributed by atoms with Crippen molar-refractivity contribution < 1.29 is 42.3 Å². The molecule has 0 spiro atoms. The van der Waals surface area contributed by atoms with Crippen LogP contribution in [0, 0.1) is 19.0 Å². The van der Waals surface area contributed by atoms with Crippen LogP contribution in [0.2, 0.25) is 0 Å². The maximum atomic E-state index is 9.55. The van der Waals surface area contributed by atoms with Crippen LogP contribution in [0.4, 0.5) is 22.7 Å². The number of aromatic nitrogens is 2. The topological polar surface area (TPSA) is 33.1 Å². The first-order valence-corrected chi connectivity index (χ1v) is 29.2. The molecule has 12 rings (SSSR count). The van der Waals surface area contributed by atoms with Gasteiger partial charge in [0.1, 0.15) is 11.5 Å². The van der Waals surface area contributed by atoms with Crippen molar-refractivity contribution in [2.45, 2.75) is 163 Å². The normalized spacial score (nSPS) is 17.0. The van der Waals surface area contributed by atoms with E-state index in [1.807, 2.05) is 57.7 Å². The van der Waals surface area contributed by atoms with Crippen LogP contribution in [0.1, 0.15) is 179 Å². The fraction of sp³-hybridized carbons (Fsp3) is 0.316. The van der Waals surface area contributed by atoms with Gasteiger partial charge in [-0.3, -0.25) is 0 Å². The molecule has 0 bridgehead atoms. The zero-order chi connectivity index (χ0) is 70.0. The van der Waals surface area contributed by atoms with E-state index in [1.54, 1.807) is 22.9 Å². The van der Waals surface area contributed by atoms with E-state index in [4.69, 9.17) is 20.7 Å². The Labute approximate surface area is 537 Å². The summed E-state index contributed by atoms with van der Waals surface area (Å²) in [4.78, 5) is 4.97. The van der Waals surface area contributed by atoms with Crippen molar-refractivity contribution >= 4 is 50.6 Å². The molecule has 0 amide bonds. The van der Waals surface area contributed by atoms with Gasteiger partial charge in [-0.05, 0) is 131 Å². The molecule has 0 unspecified atom stereocenters. The summed E-state index contributed by atoms with van der Waals surface area (Å²) in [5.41, 5.74) is 10.6. The number of fused-ring (bicyclic) bond motifs is 5. The summed E-state index contributed by atoms with van der Waals surface area (Å²) in [5, 5.41) is 0.615. The van der Waals surface area contributed by atoms with Gasteiger partial charge >= 0.3 is 27.1 Å². The van der Waals surface area contributed by atoms with Crippen LogP contribution in [-0.4, -0.2) is 15.6 Å². The minimum absolute atomic E-state index is 0. The van der Waals surface area contributed by atoms with Crippen molar-refractivity contribution in [2.24, 2.45) is 0 Å². The number of ether oxygens (including phenoxy) is 1. The molecule has 0 atom stereocenters. The second-order valence-corrected chi connectivity index (χ2v) is 28.4.